The average Bonchev–Trinajstić information content (AvgIpc) is 3.26. The molecular formula is C20H16Cl2FN3O4S2. The van der Waals surface area contributed by atoms with Crippen LogP contribution in [0.4, 0.5) is 15.2 Å². The van der Waals surface area contributed by atoms with Crippen LogP contribution < -0.4 is 4.90 Å². The van der Waals surface area contributed by atoms with E-state index in [1.165, 1.54) is 35.6 Å². The number of anilines is 1. The Morgan fingerprint density at radius 2 is 1.84 bits per heavy atom. The fourth-order valence-electron chi connectivity index (χ4n) is 3.56. The number of rotatable bonds is 5. The number of nitro groups is 1. The summed E-state index contributed by atoms with van der Waals surface area (Å²) in [7, 11) is -3.74. The molecule has 4 rings (SSSR count). The molecule has 0 N–H and O–H groups in total. The molecule has 32 heavy (non-hydrogen) atoms. The molecule has 0 amide bonds. The number of piperidine rings is 1. The van der Waals surface area contributed by atoms with Gasteiger partial charge in [0, 0.05) is 30.1 Å². The predicted molar refractivity (Wildman–Crippen MR) is 123 cm³/mol. The Labute approximate surface area is 197 Å². The van der Waals surface area contributed by atoms with Gasteiger partial charge in [-0.25, -0.2) is 17.8 Å². The molecule has 168 valence electrons. The zero-order valence-corrected chi connectivity index (χ0v) is 19.5. The number of hydrogen-bond donors (Lipinski definition) is 0. The van der Waals surface area contributed by atoms with E-state index in [1.54, 1.807) is 6.07 Å². The predicted octanol–water partition coefficient (Wildman–Crippen LogP) is 5.61. The first-order valence-corrected chi connectivity index (χ1v) is 12.7. The highest BCUT2D eigenvalue weighted by Crippen LogP contribution is 2.34. The van der Waals surface area contributed by atoms with E-state index in [9.17, 15) is 22.9 Å². The van der Waals surface area contributed by atoms with Crippen LogP contribution >= 0.6 is 34.5 Å². The summed E-state index contributed by atoms with van der Waals surface area (Å²) in [5, 5.41) is 12.9. The van der Waals surface area contributed by atoms with E-state index in [0.717, 1.165) is 11.2 Å². The maximum Gasteiger partial charge on any atom is 0.289 e. The van der Waals surface area contributed by atoms with Crippen LogP contribution in [-0.4, -0.2) is 36.7 Å². The standard InChI is InChI=1S/C20H16Cl2FN3O4S2/c21-15-3-2-14(10-19(15)26(27)28)32(29,30)13-5-7-25(8-6-13)20-24-18(11-31-20)12-1-4-17(23)16(22)9-12/h1-4,9-11,13H,5-8H2. The molecule has 12 heteroatoms. The fourth-order valence-corrected chi connectivity index (χ4v) is 6.56. The fraction of sp³-hybridized carbons (Fsp3) is 0.250. The minimum atomic E-state index is -3.74. The van der Waals surface area contributed by atoms with Gasteiger partial charge in [-0.15, -0.1) is 11.3 Å². The van der Waals surface area contributed by atoms with Crippen molar-refractivity contribution in [1.29, 1.82) is 0 Å². The van der Waals surface area contributed by atoms with Crippen LogP contribution in [0.3, 0.4) is 0 Å². The molecule has 0 radical (unpaired) electrons. The van der Waals surface area contributed by atoms with Gasteiger partial charge >= 0.3 is 0 Å². The first-order chi connectivity index (χ1) is 15.2. The molecule has 2 aromatic carbocycles. The highest BCUT2D eigenvalue weighted by Gasteiger charge is 2.33. The Balaban J connectivity index is 1.47. The van der Waals surface area contributed by atoms with Gasteiger partial charge < -0.3 is 4.90 Å². The molecule has 0 aliphatic carbocycles. The van der Waals surface area contributed by atoms with Gasteiger partial charge in [0.25, 0.3) is 5.69 Å². The van der Waals surface area contributed by atoms with E-state index in [4.69, 9.17) is 23.2 Å². The first kappa shape index (κ1) is 22.9. The molecule has 1 aliphatic heterocycles. The molecule has 0 saturated carbocycles. The van der Waals surface area contributed by atoms with Crippen molar-refractivity contribution in [3.05, 3.63) is 67.8 Å². The second-order valence-corrected chi connectivity index (χ2v) is 11.1. The number of sulfone groups is 1. The Bertz CT molecular complexity index is 1290. The Morgan fingerprint density at radius 1 is 1.12 bits per heavy atom. The summed E-state index contributed by atoms with van der Waals surface area (Å²) in [6.07, 6.45) is 0.714. The molecule has 0 unspecified atom stereocenters. The summed E-state index contributed by atoms with van der Waals surface area (Å²) in [5.74, 6) is -0.500. The Kier molecular flexibility index (Phi) is 6.39. The number of benzene rings is 2. The third-order valence-corrected chi connectivity index (χ3v) is 9.07. The zero-order chi connectivity index (χ0) is 23.0. The molecule has 1 aromatic heterocycles. The third-order valence-electron chi connectivity index (χ3n) is 5.30. The summed E-state index contributed by atoms with van der Waals surface area (Å²) in [5.41, 5.74) is 0.928. The SMILES string of the molecule is O=[N+]([O-])c1cc(S(=O)(=O)C2CCN(c3nc(-c4ccc(F)c(Cl)c4)cs3)CC2)ccc1Cl. The van der Waals surface area contributed by atoms with Crippen molar-refractivity contribution in [3.8, 4) is 11.3 Å². The lowest BCUT2D eigenvalue weighted by molar-refractivity contribution is -0.384. The lowest BCUT2D eigenvalue weighted by Gasteiger charge is -2.31. The van der Waals surface area contributed by atoms with Crippen LogP contribution in [0.1, 0.15) is 12.8 Å². The molecule has 0 bridgehead atoms. The van der Waals surface area contributed by atoms with Crippen molar-refractivity contribution in [3.63, 3.8) is 0 Å². The average molecular weight is 516 g/mol. The summed E-state index contributed by atoms with van der Waals surface area (Å²) in [6.45, 7) is 0.938. The van der Waals surface area contributed by atoms with Gasteiger partial charge in [-0.2, -0.15) is 0 Å². The number of aromatic nitrogens is 1. The number of nitro benzene ring substituents is 1. The largest absolute Gasteiger partial charge is 0.348 e. The van der Waals surface area contributed by atoms with Crippen LogP contribution in [0.25, 0.3) is 11.3 Å². The molecule has 0 spiro atoms. The number of hydrogen-bond acceptors (Lipinski definition) is 7. The normalized spacial score (nSPS) is 15.2. The second kappa shape index (κ2) is 8.93. The molecule has 2 heterocycles. The molecule has 1 saturated heterocycles. The lowest BCUT2D eigenvalue weighted by atomic mass is 10.1. The quantitative estimate of drug-likeness (QED) is 0.324. The summed E-state index contributed by atoms with van der Waals surface area (Å²) >= 11 is 13.1. The van der Waals surface area contributed by atoms with Crippen LogP contribution in [0.15, 0.2) is 46.7 Å². The second-order valence-electron chi connectivity index (χ2n) is 7.25. The zero-order valence-electron chi connectivity index (χ0n) is 16.4. The minimum Gasteiger partial charge on any atom is -0.348 e. The summed E-state index contributed by atoms with van der Waals surface area (Å²) in [4.78, 5) is 16.9. The summed E-state index contributed by atoms with van der Waals surface area (Å²) < 4.78 is 39.4. The molecular weight excluding hydrogens is 500 g/mol. The molecule has 1 fully saturated rings. The van der Waals surface area contributed by atoms with Crippen molar-refractivity contribution in [2.75, 3.05) is 18.0 Å². The minimum absolute atomic E-state index is 0.0190. The maximum atomic E-state index is 13.4. The van der Waals surface area contributed by atoms with Crippen LogP contribution in [0, 0.1) is 15.9 Å². The van der Waals surface area contributed by atoms with Crippen LogP contribution in [0.2, 0.25) is 10.0 Å². The maximum absolute atomic E-state index is 13.4. The van der Waals surface area contributed by atoms with Crippen molar-refractivity contribution >= 4 is 55.2 Å². The van der Waals surface area contributed by atoms with Crippen molar-refractivity contribution in [2.45, 2.75) is 23.0 Å². The number of halogens is 3. The van der Waals surface area contributed by atoms with Crippen molar-refractivity contribution < 1.29 is 17.7 Å². The highest BCUT2D eigenvalue weighted by atomic mass is 35.5. The van der Waals surface area contributed by atoms with Crippen molar-refractivity contribution in [1.82, 2.24) is 4.98 Å². The van der Waals surface area contributed by atoms with E-state index >= 15 is 0 Å². The monoisotopic (exact) mass is 515 g/mol. The van der Waals surface area contributed by atoms with E-state index in [0.29, 0.717) is 37.2 Å². The van der Waals surface area contributed by atoms with E-state index in [2.05, 4.69) is 4.98 Å². The lowest BCUT2D eigenvalue weighted by Crippen LogP contribution is -2.39. The topological polar surface area (TPSA) is 93.4 Å². The Hall–Kier alpha value is -2.27. The van der Waals surface area contributed by atoms with E-state index in [1.807, 2.05) is 10.3 Å². The van der Waals surface area contributed by atoms with Gasteiger partial charge in [0.15, 0.2) is 15.0 Å². The number of thiazole rings is 1. The Morgan fingerprint density at radius 3 is 2.50 bits per heavy atom. The van der Waals surface area contributed by atoms with Gasteiger partial charge in [0.2, 0.25) is 0 Å². The van der Waals surface area contributed by atoms with Gasteiger partial charge in [-0.1, -0.05) is 23.2 Å². The van der Waals surface area contributed by atoms with Crippen LogP contribution in [0.5, 0.6) is 0 Å². The smallest absolute Gasteiger partial charge is 0.289 e. The van der Waals surface area contributed by atoms with Gasteiger partial charge in [0.1, 0.15) is 10.8 Å². The third kappa shape index (κ3) is 4.45. The molecule has 1 aliphatic rings. The van der Waals surface area contributed by atoms with Gasteiger partial charge in [0.05, 0.1) is 25.8 Å². The van der Waals surface area contributed by atoms with Crippen molar-refractivity contribution in [2.24, 2.45) is 0 Å². The molecule has 7 nitrogen and oxygen atoms in total. The van der Waals surface area contributed by atoms with Gasteiger partial charge in [-0.3, -0.25) is 10.1 Å². The van der Waals surface area contributed by atoms with Crippen LogP contribution in [-0.2, 0) is 9.84 Å². The van der Waals surface area contributed by atoms with Gasteiger partial charge in [-0.05, 0) is 43.2 Å². The van der Waals surface area contributed by atoms with E-state index in [-0.39, 0.29) is 14.9 Å². The summed E-state index contributed by atoms with van der Waals surface area (Å²) in [6, 6.07) is 7.96. The highest BCUT2D eigenvalue weighted by molar-refractivity contribution is 7.92. The first-order valence-electron chi connectivity index (χ1n) is 9.50. The van der Waals surface area contributed by atoms with E-state index < -0.39 is 31.5 Å². The molecule has 0 atom stereocenters. The number of nitrogens with zero attached hydrogens (tertiary/aromatic N) is 3. The molecule has 3 aromatic rings.